The zero-order valence-corrected chi connectivity index (χ0v) is 5.79. The van der Waals surface area contributed by atoms with Crippen molar-refractivity contribution in [2.45, 2.75) is 6.92 Å². The number of benzene rings is 1. The first-order chi connectivity index (χ1) is 4.88. The fourth-order valence-corrected chi connectivity index (χ4v) is 0.979. The lowest BCUT2D eigenvalue weighted by Gasteiger charge is -1.86. The molecule has 2 rings (SSSR count). The lowest BCUT2D eigenvalue weighted by Crippen LogP contribution is -1.69. The molecule has 0 aliphatic carbocycles. The number of allylic oxidation sites excluding steroid dienone is 1. The SMILES string of the molecule is CC1=C(c2ccccc2)O1. The van der Waals surface area contributed by atoms with Crippen LogP contribution in [-0.2, 0) is 4.74 Å². The molecule has 0 aromatic heterocycles. The van der Waals surface area contributed by atoms with Gasteiger partial charge < -0.3 is 4.74 Å². The van der Waals surface area contributed by atoms with Gasteiger partial charge >= 0.3 is 0 Å². The van der Waals surface area contributed by atoms with Gasteiger partial charge in [-0.15, -0.1) is 0 Å². The molecule has 0 radical (unpaired) electrons. The summed E-state index contributed by atoms with van der Waals surface area (Å²) in [7, 11) is 0. The van der Waals surface area contributed by atoms with Crippen LogP contribution >= 0.6 is 0 Å². The number of ether oxygens (including phenoxy) is 1. The minimum absolute atomic E-state index is 1.04. The molecule has 1 aliphatic rings. The molecule has 1 nitrogen and oxygen atoms in total. The van der Waals surface area contributed by atoms with E-state index in [2.05, 4.69) is 0 Å². The topological polar surface area (TPSA) is 12.5 Å². The van der Waals surface area contributed by atoms with Crippen molar-refractivity contribution in [3.63, 3.8) is 0 Å². The van der Waals surface area contributed by atoms with Crippen LogP contribution in [0.2, 0.25) is 0 Å². The van der Waals surface area contributed by atoms with Gasteiger partial charge in [0.25, 0.3) is 0 Å². The second-order valence-corrected chi connectivity index (χ2v) is 2.35. The van der Waals surface area contributed by atoms with Gasteiger partial charge in [-0.05, 0) is 6.92 Å². The fraction of sp³-hybridized carbons (Fsp3) is 0.111. The van der Waals surface area contributed by atoms with Gasteiger partial charge in [-0.3, -0.25) is 0 Å². The third kappa shape index (κ3) is 0.798. The molecular formula is C9H8O. The minimum atomic E-state index is 1.04. The molecule has 10 heavy (non-hydrogen) atoms. The summed E-state index contributed by atoms with van der Waals surface area (Å²) in [4.78, 5) is 0. The summed E-state index contributed by atoms with van der Waals surface area (Å²) in [5, 5.41) is 0. The summed E-state index contributed by atoms with van der Waals surface area (Å²) < 4.78 is 5.14. The highest BCUT2D eigenvalue weighted by Gasteiger charge is 2.20. The third-order valence-electron chi connectivity index (χ3n) is 1.57. The highest BCUT2D eigenvalue weighted by Crippen LogP contribution is 2.34. The lowest BCUT2D eigenvalue weighted by molar-refractivity contribution is 0.522. The van der Waals surface area contributed by atoms with Crippen LogP contribution in [0.4, 0.5) is 0 Å². The van der Waals surface area contributed by atoms with Crippen LogP contribution in [-0.4, -0.2) is 0 Å². The Hall–Kier alpha value is -1.24. The van der Waals surface area contributed by atoms with Gasteiger partial charge in [0.1, 0.15) is 5.76 Å². The summed E-state index contributed by atoms with van der Waals surface area (Å²) in [6, 6.07) is 10.1. The van der Waals surface area contributed by atoms with Crippen LogP contribution in [0.15, 0.2) is 36.1 Å². The quantitative estimate of drug-likeness (QED) is 0.571. The maximum Gasteiger partial charge on any atom is 0.172 e. The first-order valence-corrected chi connectivity index (χ1v) is 3.32. The normalized spacial score (nSPS) is 14.9. The van der Waals surface area contributed by atoms with E-state index < -0.39 is 0 Å². The molecule has 50 valence electrons. The molecule has 0 saturated heterocycles. The highest BCUT2D eigenvalue weighted by atomic mass is 16.6. The van der Waals surface area contributed by atoms with Crippen LogP contribution in [0.3, 0.4) is 0 Å². The maximum atomic E-state index is 5.14. The molecule has 0 unspecified atom stereocenters. The first kappa shape index (κ1) is 5.54. The molecule has 0 atom stereocenters. The highest BCUT2D eigenvalue weighted by molar-refractivity contribution is 5.70. The van der Waals surface area contributed by atoms with Gasteiger partial charge in [-0.25, -0.2) is 0 Å². The summed E-state index contributed by atoms with van der Waals surface area (Å²) in [5.74, 6) is 2.09. The zero-order valence-electron chi connectivity index (χ0n) is 5.79. The molecule has 0 fully saturated rings. The molecule has 0 amide bonds. The van der Waals surface area contributed by atoms with Crippen molar-refractivity contribution in [3.8, 4) is 0 Å². The molecule has 0 N–H and O–H groups in total. The number of hydrogen-bond acceptors (Lipinski definition) is 1. The Bertz CT molecular complexity index is 272. The van der Waals surface area contributed by atoms with Gasteiger partial charge in [0, 0.05) is 5.56 Å². The van der Waals surface area contributed by atoms with Gasteiger partial charge in [0.05, 0.1) is 0 Å². The minimum Gasteiger partial charge on any atom is -0.454 e. The third-order valence-corrected chi connectivity index (χ3v) is 1.57. The van der Waals surface area contributed by atoms with Crippen molar-refractivity contribution in [1.29, 1.82) is 0 Å². The van der Waals surface area contributed by atoms with Crippen molar-refractivity contribution in [1.82, 2.24) is 0 Å². The van der Waals surface area contributed by atoms with Crippen molar-refractivity contribution in [2.75, 3.05) is 0 Å². The Labute approximate surface area is 59.9 Å². The molecule has 1 aromatic carbocycles. The molecule has 0 spiro atoms. The van der Waals surface area contributed by atoms with Gasteiger partial charge in [0.15, 0.2) is 5.76 Å². The van der Waals surface area contributed by atoms with E-state index >= 15 is 0 Å². The molecule has 1 aliphatic heterocycles. The van der Waals surface area contributed by atoms with E-state index in [9.17, 15) is 0 Å². The fourth-order valence-electron chi connectivity index (χ4n) is 0.979. The van der Waals surface area contributed by atoms with E-state index in [1.807, 2.05) is 37.3 Å². The molecule has 0 saturated carbocycles. The van der Waals surface area contributed by atoms with Gasteiger partial charge in [-0.1, -0.05) is 30.3 Å². The van der Waals surface area contributed by atoms with Crippen LogP contribution in [0, 0.1) is 0 Å². The Morgan fingerprint density at radius 3 is 2.20 bits per heavy atom. The van der Waals surface area contributed by atoms with Crippen LogP contribution in [0.1, 0.15) is 12.5 Å². The summed E-state index contributed by atoms with van der Waals surface area (Å²) in [6.45, 7) is 1.97. The second-order valence-electron chi connectivity index (χ2n) is 2.35. The van der Waals surface area contributed by atoms with Gasteiger partial charge in [-0.2, -0.15) is 0 Å². The Morgan fingerprint density at radius 1 is 1.10 bits per heavy atom. The van der Waals surface area contributed by atoms with Crippen molar-refractivity contribution in [2.24, 2.45) is 0 Å². The first-order valence-electron chi connectivity index (χ1n) is 3.32. The predicted molar refractivity (Wildman–Crippen MR) is 40.1 cm³/mol. The van der Waals surface area contributed by atoms with Crippen LogP contribution in [0.25, 0.3) is 5.76 Å². The average Bonchev–Trinajstić information content (AvgIpc) is 2.69. The zero-order chi connectivity index (χ0) is 6.97. The lowest BCUT2D eigenvalue weighted by atomic mass is 10.2. The van der Waals surface area contributed by atoms with E-state index in [0.717, 1.165) is 11.5 Å². The molecule has 1 heterocycles. The van der Waals surface area contributed by atoms with Crippen molar-refractivity contribution in [3.05, 3.63) is 41.7 Å². The average molecular weight is 132 g/mol. The van der Waals surface area contributed by atoms with Crippen molar-refractivity contribution < 1.29 is 4.74 Å². The number of rotatable bonds is 1. The molecule has 0 bridgehead atoms. The predicted octanol–water partition coefficient (Wildman–Crippen LogP) is 2.41. The van der Waals surface area contributed by atoms with Crippen LogP contribution < -0.4 is 0 Å². The monoisotopic (exact) mass is 132 g/mol. The Balaban J connectivity index is 2.37. The largest absolute Gasteiger partial charge is 0.454 e. The van der Waals surface area contributed by atoms with Crippen molar-refractivity contribution >= 4 is 5.76 Å². The Kier molecular flexibility index (Phi) is 1.04. The standard InChI is InChI=1S/C9H8O/c1-7-9(10-7)8-5-3-2-4-6-8/h2-6H,1H3. The smallest absolute Gasteiger partial charge is 0.172 e. The molecule has 1 heteroatoms. The van der Waals surface area contributed by atoms with Gasteiger partial charge in [0.2, 0.25) is 0 Å². The van der Waals surface area contributed by atoms with Crippen LogP contribution in [0.5, 0.6) is 0 Å². The summed E-state index contributed by atoms with van der Waals surface area (Å²) >= 11 is 0. The maximum absolute atomic E-state index is 5.14. The van der Waals surface area contributed by atoms with E-state index in [-0.39, 0.29) is 0 Å². The Morgan fingerprint density at radius 2 is 1.70 bits per heavy atom. The summed E-state index contributed by atoms with van der Waals surface area (Å²) in [5.41, 5.74) is 1.18. The van der Waals surface area contributed by atoms with E-state index in [4.69, 9.17) is 4.74 Å². The second kappa shape index (κ2) is 1.87. The van der Waals surface area contributed by atoms with E-state index in [1.54, 1.807) is 0 Å². The number of hydrogen-bond donors (Lipinski definition) is 0. The summed E-state index contributed by atoms with van der Waals surface area (Å²) in [6.07, 6.45) is 0. The van der Waals surface area contributed by atoms with E-state index in [0.29, 0.717) is 0 Å². The molecule has 1 aromatic rings. The van der Waals surface area contributed by atoms with E-state index in [1.165, 1.54) is 5.56 Å². The molecular weight excluding hydrogens is 124 g/mol.